The second kappa shape index (κ2) is 7.03. The Bertz CT molecular complexity index is 893. The minimum Gasteiger partial charge on any atom is -0.331 e. The lowest BCUT2D eigenvalue weighted by Gasteiger charge is -2.33. The smallest absolute Gasteiger partial charge is 0.223 e. The molecule has 3 heterocycles. The quantitative estimate of drug-likeness (QED) is 0.723. The number of rotatable bonds is 4. The van der Waals surface area contributed by atoms with Crippen LogP contribution in [0.4, 0.5) is 0 Å². The molecule has 0 aliphatic carbocycles. The van der Waals surface area contributed by atoms with Crippen molar-refractivity contribution in [1.29, 1.82) is 0 Å². The molecule has 0 spiro atoms. The number of hydrogen-bond acceptors (Lipinski definition) is 5. The molecular formula is C19H20N6O. The van der Waals surface area contributed by atoms with Gasteiger partial charge in [0.1, 0.15) is 5.82 Å². The lowest BCUT2D eigenvalue weighted by molar-refractivity contribution is -0.134. The second-order valence-electron chi connectivity index (χ2n) is 6.34. The van der Waals surface area contributed by atoms with E-state index in [2.05, 4.69) is 20.1 Å². The zero-order valence-corrected chi connectivity index (χ0v) is 14.6. The number of aromatic nitrogens is 5. The van der Waals surface area contributed by atoms with Crippen LogP contribution in [0, 0.1) is 0 Å². The number of aryl methyl sites for hydroxylation is 1. The Balaban J connectivity index is 1.48. The maximum absolute atomic E-state index is 12.7. The number of carbonyl (C=O) groups excluding carboxylic acids is 1. The fourth-order valence-corrected chi connectivity index (χ4v) is 3.25. The van der Waals surface area contributed by atoms with Crippen molar-refractivity contribution in [3.05, 3.63) is 60.4 Å². The summed E-state index contributed by atoms with van der Waals surface area (Å²) in [6, 6.07) is 9.82. The third-order valence-corrected chi connectivity index (χ3v) is 4.66. The minimum absolute atomic E-state index is 0.0944. The number of fused-ring (bicyclic) bond motifs is 1. The van der Waals surface area contributed by atoms with E-state index in [1.54, 1.807) is 18.6 Å². The molecule has 3 aromatic rings. The lowest BCUT2D eigenvalue weighted by atomic mass is 10.1. The van der Waals surface area contributed by atoms with E-state index < -0.39 is 0 Å². The van der Waals surface area contributed by atoms with E-state index in [0.29, 0.717) is 31.8 Å². The summed E-state index contributed by atoms with van der Waals surface area (Å²) in [5.74, 6) is 1.66. The van der Waals surface area contributed by atoms with Gasteiger partial charge in [0.05, 0.1) is 18.3 Å². The molecular weight excluding hydrogens is 328 g/mol. The Morgan fingerprint density at radius 3 is 2.81 bits per heavy atom. The van der Waals surface area contributed by atoms with Gasteiger partial charge in [-0.15, -0.1) is 0 Å². The number of nitrogens with zero attached hydrogens (tertiary/aromatic N) is 6. The highest BCUT2D eigenvalue weighted by Crippen LogP contribution is 2.26. The van der Waals surface area contributed by atoms with Gasteiger partial charge in [0.25, 0.3) is 0 Å². The van der Waals surface area contributed by atoms with Crippen LogP contribution in [0.15, 0.2) is 48.9 Å². The Labute approximate surface area is 151 Å². The Kier molecular flexibility index (Phi) is 4.43. The van der Waals surface area contributed by atoms with Crippen molar-refractivity contribution in [2.75, 3.05) is 6.54 Å². The molecule has 0 bridgehead atoms. The monoisotopic (exact) mass is 348 g/mol. The fraction of sp³-hybridized carbons (Fsp3) is 0.316. The predicted octanol–water partition coefficient (Wildman–Crippen LogP) is 2.27. The van der Waals surface area contributed by atoms with E-state index in [1.807, 2.05) is 46.8 Å². The topological polar surface area (TPSA) is 76.8 Å². The van der Waals surface area contributed by atoms with Crippen molar-refractivity contribution in [2.24, 2.45) is 0 Å². The molecule has 26 heavy (non-hydrogen) atoms. The zero-order chi connectivity index (χ0) is 17.9. The van der Waals surface area contributed by atoms with Gasteiger partial charge in [-0.3, -0.25) is 14.8 Å². The van der Waals surface area contributed by atoms with Crippen LogP contribution in [0.3, 0.4) is 0 Å². The minimum atomic E-state index is -0.0944. The van der Waals surface area contributed by atoms with Crippen molar-refractivity contribution in [3.8, 4) is 11.4 Å². The van der Waals surface area contributed by atoms with Gasteiger partial charge in [-0.1, -0.05) is 30.3 Å². The summed E-state index contributed by atoms with van der Waals surface area (Å²) >= 11 is 0. The molecule has 1 aliphatic heterocycles. The molecule has 1 atom stereocenters. The zero-order valence-electron chi connectivity index (χ0n) is 14.6. The van der Waals surface area contributed by atoms with E-state index in [1.165, 1.54) is 0 Å². The third-order valence-electron chi connectivity index (χ3n) is 4.66. The number of carbonyl (C=O) groups is 1. The first-order valence-electron chi connectivity index (χ1n) is 8.77. The van der Waals surface area contributed by atoms with Crippen LogP contribution in [-0.4, -0.2) is 42.1 Å². The van der Waals surface area contributed by atoms with Gasteiger partial charge in [-0.25, -0.2) is 9.67 Å². The maximum Gasteiger partial charge on any atom is 0.223 e. The van der Waals surface area contributed by atoms with Gasteiger partial charge in [-0.2, -0.15) is 5.10 Å². The molecule has 132 valence electrons. The molecule has 7 heteroatoms. The summed E-state index contributed by atoms with van der Waals surface area (Å²) in [6.07, 6.45) is 6.00. The van der Waals surface area contributed by atoms with Crippen LogP contribution in [0.25, 0.3) is 11.4 Å². The first-order chi connectivity index (χ1) is 12.7. The third kappa shape index (κ3) is 3.20. The van der Waals surface area contributed by atoms with Crippen LogP contribution in [-0.2, 0) is 17.8 Å². The standard InChI is InChI=1S/C19H20N6O/c1-14-19-22-18(15-5-3-2-4-6-15)23-25(19)12-11-24(14)17(26)8-7-16-13-20-9-10-21-16/h2-6,9-10,13-14H,7-8,11-12H2,1H3/t14-/m0/s1. The fourth-order valence-electron chi connectivity index (χ4n) is 3.25. The van der Waals surface area contributed by atoms with Gasteiger partial charge in [0.15, 0.2) is 5.82 Å². The van der Waals surface area contributed by atoms with Gasteiger partial charge < -0.3 is 4.90 Å². The first-order valence-corrected chi connectivity index (χ1v) is 8.77. The van der Waals surface area contributed by atoms with Crippen molar-refractivity contribution >= 4 is 5.91 Å². The maximum atomic E-state index is 12.7. The van der Waals surface area contributed by atoms with Gasteiger partial charge in [0, 0.05) is 37.1 Å². The molecule has 4 rings (SSSR count). The predicted molar refractivity (Wildman–Crippen MR) is 95.9 cm³/mol. The van der Waals surface area contributed by atoms with Crippen LogP contribution in [0.5, 0.6) is 0 Å². The van der Waals surface area contributed by atoms with Crippen molar-refractivity contribution < 1.29 is 4.79 Å². The summed E-state index contributed by atoms with van der Waals surface area (Å²) in [7, 11) is 0. The molecule has 0 saturated carbocycles. The first kappa shape index (κ1) is 16.4. The molecule has 1 amide bonds. The van der Waals surface area contributed by atoms with Gasteiger partial charge in [-0.05, 0) is 13.3 Å². The van der Waals surface area contributed by atoms with Crippen molar-refractivity contribution in [2.45, 2.75) is 32.4 Å². The second-order valence-corrected chi connectivity index (χ2v) is 6.34. The number of amides is 1. The summed E-state index contributed by atoms with van der Waals surface area (Å²) in [6.45, 7) is 3.32. The Morgan fingerprint density at radius 1 is 1.19 bits per heavy atom. The molecule has 0 unspecified atom stereocenters. The van der Waals surface area contributed by atoms with E-state index in [4.69, 9.17) is 0 Å². The van der Waals surface area contributed by atoms with E-state index >= 15 is 0 Å². The molecule has 0 radical (unpaired) electrons. The molecule has 2 aromatic heterocycles. The molecule has 7 nitrogen and oxygen atoms in total. The highest BCUT2D eigenvalue weighted by atomic mass is 16.2. The summed E-state index contributed by atoms with van der Waals surface area (Å²) in [4.78, 5) is 27.5. The normalized spacial score (nSPS) is 16.3. The largest absolute Gasteiger partial charge is 0.331 e. The summed E-state index contributed by atoms with van der Waals surface area (Å²) in [5, 5.41) is 4.61. The van der Waals surface area contributed by atoms with E-state index in [0.717, 1.165) is 17.1 Å². The van der Waals surface area contributed by atoms with Crippen LogP contribution >= 0.6 is 0 Å². The Hall–Kier alpha value is -3.09. The lowest BCUT2D eigenvalue weighted by Crippen LogP contribution is -2.41. The van der Waals surface area contributed by atoms with E-state index in [9.17, 15) is 4.79 Å². The van der Waals surface area contributed by atoms with E-state index in [-0.39, 0.29) is 11.9 Å². The van der Waals surface area contributed by atoms with Gasteiger partial charge in [0.2, 0.25) is 5.91 Å². The van der Waals surface area contributed by atoms with Crippen molar-refractivity contribution in [1.82, 2.24) is 29.6 Å². The van der Waals surface area contributed by atoms with Crippen molar-refractivity contribution in [3.63, 3.8) is 0 Å². The Morgan fingerprint density at radius 2 is 2.04 bits per heavy atom. The molecule has 0 saturated heterocycles. The number of hydrogen-bond donors (Lipinski definition) is 0. The van der Waals surface area contributed by atoms with Crippen LogP contribution in [0.1, 0.15) is 30.9 Å². The molecule has 1 aliphatic rings. The SMILES string of the molecule is C[C@H]1c2nc(-c3ccccc3)nn2CCN1C(=O)CCc1cnccn1. The summed E-state index contributed by atoms with van der Waals surface area (Å²) in [5.41, 5.74) is 1.82. The van der Waals surface area contributed by atoms with Crippen LogP contribution in [0.2, 0.25) is 0 Å². The number of benzene rings is 1. The highest BCUT2D eigenvalue weighted by Gasteiger charge is 2.30. The van der Waals surface area contributed by atoms with Crippen LogP contribution < -0.4 is 0 Å². The van der Waals surface area contributed by atoms with Gasteiger partial charge >= 0.3 is 0 Å². The average Bonchev–Trinajstić information content (AvgIpc) is 3.13. The molecule has 0 N–H and O–H groups in total. The molecule has 1 aromatic carbocycles. The highest BCUT2D eigenvalue weighted by molar-refractivity contribution is 5.77. The average molecular weight is 348 g/mol. The summed E-state index contributed by atoms with van der Waals surface area (Å²) < 4.78 is 1.92. The molecule has 0 fully saturated rings.